The number of ketones is 1. The molecule has 0 radical (unpaired) electrons. The van der Waals surface area contributed by atoms with Crippen LogP contribution in [-0.2, 0) is 13.0 Å². The molecule has 0 bridgehead atoms. The molecule has 31 heavy (non-hydrogen) atoms. The van der Waals surface area contributed by atoms with Crippen molar-refractivity contribution in [1.82, 2.24) is 15.3 Å². The van der Waals surface area contributed by atoms with Crippen LogP contribution in [0.25, 0.3) is 0 Å². The number of aromatic nitrogens is 2. The average Bonchev–Trinajstić information content (AvgIpc) is 2.72. The van der Waals surface area contributed by atoms with Crippen LogP contribution < -0.4 is 15.8 Å². The summed E-state index contributed by atoms with van der Waals surface area (Å²) in [4.78, 5) is 47.1. The quantitative estimate of drug-likeness (QED) is 0.790. The monoisotopic (exact) mass is 422 g/mol. The van der Waals surface area contributed by atoms with Crippen LogP contribution in [0, 0.1) is 11.3 Å². The van der Waals surface area contributed by atoms with E-state index in [2.05, 4.69) is 27.1 Å². The molecule has 0 spiro atoms. The van der Waals surface area contributed by atoms with Gasteiger partial charge in [0.05, 0.1) is 0 Å². The molecule has 1 amide bonds. The maximum Gasteiger partial charge on any atom is 0.261 e. The van der Waals surface area contributed by atoms with E-state index in [4.69, 9.17) is 0 Å². The SMILES string of the molecule is CC1CCN(c2ccc(CNC(=O)c3cc4c([nH]c3=O)CC(C)(C)CC4=O)cn2)CC1. The Morgan fingerprint density at radius 2 is 1.97 bits per heavy atom. The standard InChI is InChI=1S/C24H30N4O3/c1-15-6-8-28(9-7-15)21-5-4-16(13-25-21)14-26-22(30)18-10-17-19(27-23(18)31)11-24(2,3)12-20(17)29/h4-5,10,13,15H,6-9,11-12,14H2,1-3H3,(H,26,30)(H,27,31). The van der Waals surface area contributed by atoms with Gasteiger partial charge in [0.1, 0.15) is 11.4 Å². The number of hydrogen-bond donors (Lipinski definition) is 2. The Morgan fingerprint density at radius 1 is 1.23 bits per heavy atom. The van der Waals surface area contributed by atoms with E-state index in [1.54, 1.807) is 6.20 Å². The fourth-order valence-electron chi connectivity index (χ4n) is 4.42. The molecular weight excluding hydrogens is 392 g/mol. The minimum absolute atomic E-state index is 0.0289. The van der Waals surface area contributed by atoms with Gasteiger partial charge in [-0.1, -0.05) is 26.8 Å². The molecule has 3 heterocycles. The number of H-pyrrole nitrogens is 1. The molecule has 7 nitrogen and oxygen atoms in total. The van der Waals surface area contributed by atoms with Gasteiger partial charge in [0.2, 0.25) is 0 Å². The van der Waals surface area contributed by atoms with E-state index in [0.717, 1.165) is 30.4 Å². The first kappa shape index (κ1) is 21.3. The Morgan fingerprint density at radius 3 is 2.65 bits per heavy atom. The van der Waals surface area contributed by atoms with Gasteiger partial charge in [-0.2, -0.15) is 0 Å². The zero-order valence-corrected chi connectivity index (χ0v) is 18.5. The molecule has 164 valence electrons. The van der Waals surface area contributed by atoms with Gasteiger partial charge in [0.15, 0.2) is 5.78 Å². The Bertz CT molecular complexity index is 1050. The Kier molecular flexibility index (Phi) is 5.69. The van der Waals surface area contributed by atoms with Gasteiger partial charge in [-0.3, -0.25) is 14.4 Å². The molecule has 2 aromatic rings. The van der Waals surface area contributed by atoms with E-state index >= 15 is 0 Å². The lowest BCUT2D eigenvalue weighted by Gasteiger charge is -2.31. The van der Waals surface area contributed by atoms with Crippen LogP contribution in [0.2, 0.25) is 0 Å². The van der Waals surface area contributed by atoms with E-state index in [1.807, 2.05) is 26.0 Å². The highest BCUT2D eigenvalue weighted by Crippen LogP contribution is 2.33. The van der Waals surface area contributed by atoms with Crippen molar-refractivity contribution in [2.45, 2.75) is 53.0 Å². The van der Waals surface area contributed by atoms with Gasteiger partial charge < -0.3 is 15.2 Å². The first-order valence-electron chi connectivity index (χ1n) is 11.0. The summed E-state index contributed by atoms with van der Waals surface area (Å²) in [5, 5.41) is 2.77. The van der Waals surface area contributed by atoms with Crippen molar-refractivity contribution in [3.05, 3.63) is 57.1 Å². The summed E-state index contributed by atoms with van der Waals surface area (Å²) in [5.41, 5.74) is 1.24. The number of amides is 1. The molecule has 2 aliphatic rings. The van der Waals surface area contributed by atoms with Gasteiger partial charge in [-0.25, -0.2) is 4.98 Å². The highest BCUT2D eigenvalue weighted by atomic mass is 16.2. The number of piperidine rings is 1. The number of carbonyl (C=O) groups excluding carboxylic acids is 2. The second kappa shape index (κ2) is 8.29. The van der Waals surface area contributed by atoms with Crippen LogP contribution in [0.5, 0.6) is 0 Å². The lowest BCUT2D eigenvalue weighted by Crippen LogP contribution is -2.34. The second-order valence-corrected chi connectivity index (χ2v) is 9.72. The number of aromatic amines is 1. The highest BCUT2D eigenvalue weighted by molar-refractivity contribution is 6.02. The molecule has 0 atom stereocenters. The summed E-state index contributed by atoms with van der Waals surface area (Å²) in [5.74, 6) is 1.19. The molecular formula is C24H30N4O3. The van der Waals surface area contributed by atoms with Gasteiger partial charge >= 0.3 is 0 Å². The lowest BCUT2D eigenvalue weighted by molar-refractivity contribution is 0.0910. The molecule has 1 aliphatic carbocycles. The molecule has 0 saturated carbocycles. The van der Waals surface area contributed by atoms with E-state index in [9.17, 15) is 14.4 Å². The highest BCUT2D eigenvalue weighted by Gasteiger charge is 2.32. The van der Waals surface area contributed by atoms with Crippen molar-refractivity contribution >= 4 is 17.5 Å². The molecule has 0 aromatic carbocycles. The van der Waals surface area contributed by atoms with E-state index in [0.29, 0.717) is 24.1 Å². The molecule has 4 rings (SSSR count). The lowest BCUT2D eigenvalue weighted by atomic mass is 9.75. The summed E-state index contributed by atoms with van der Waals surface area (Å²) < 4.78 is 0. The van der Waals surface area contributed by atoms with Gasteiger partial charge in [-0.05, 0) is 48.3 Å². The second-order valence-electron chi connectivity index (χ2n) is 9.72. The minimum Gasteiger partial charge on any atom is -0.357 e. The number of hydrogen-bond acceptors (Lipinski definition) is 5. The zero-order chi connectivity index (χ0) is 22.2. The largest absolute Gasteiger partial charge is 0.357 e. The number of fused-ring (bicyclic) bond motifs is 1. The number of nitrogens with zero attached hydrogens (tertiary/aromatic N) is 2. The third-order valence-corrected chi connectivity index (χ3v) is 6.33. The van der Waals surface area contributed by atoms with E-state index < -0.39 is 11.5 Å². The summed E-state index contributed by atoms with van der Waals surface area (Å²) in [7, 11) is 0. The molecule has 1 saturated heterocycles. The van der Waals surface area contributed by atoms with Crippen LogP contribution in [-0.4, -0.2) is 34.7 Å². The maximum absolute atomic E-state index is 12.6. The third kappa shape index (κ3) is 4.70. The van der Waals surface area contributed by atoms with Crippen LogP contribution in [0.1, 0.15) is 72.0 Å². The van der Waals surface area contributed by atoms with E-state index in [-0.39, 0.29) is 23.3 Å². The first-order chi connectivity index (χ1) is 14.7. The number of rotatable bonds is 4. The van der Waals surface area contributed by atoms with Crippen LogP contribution in [0.15, 0.2) is 29.2 Å². The van der Waals surface area contributed by atoms with Gasteiger partial charge in [-0.15, -0.1) is 0 Å². The average molecular weight is 423 g/mol. The summed E-state index contributed by atoms with van der Waals surface area (Å²) in [6.07, 6.45) is 5.13. The fourth-order valence-corrected chi connectivity index (χ4v) is 4.42. The van der Waals surface area contributed by atoms with Crippen LogP contribution in [0.3, 0.4) is 0 Å². The Balaban J connectivity index is 1.42. The predicted molar refractivity (Wildman–Crippen MR) is 120 cm³/mol. The Labute approximate surface area is 182 Å². The molecule has 1 fully saturated rings. The van der Waals surface area contributed by atoms with Crippen molar-refractivity contribution < 1.29 is 9.59 Å². The fraction of sp³-hybridized carbons (Fsp3) is 0.500. The third-order valence-electron chi connectivity index (χ3n) is 6.33. The normalized spacial score (nSPS) is 18.5. The molecule has 1 aliphatic heterocycles. The number of pyridine rings is 2. The topological polar surface area (TPSA) is 95.2 Å². The summed E-state index contributed by atoms with van der Waals surface area (Å²) in [6.45, 7) is 8.57. The molecule has 2 N–H and O–H groups in total. The summed E-state index contributed by atoms with van der Waals surface area (Å²) >= 11 is 0. The van der Waals surface area contributed by atoms with Gasteiger partial charge in [0.25, 0.3) is 11.5 Å². The summed E-state index contributed by atoms with van der Waals surface area (Å²) in [6, 6.07) is 5.37. The smallest absolute Gasteiger partial charge is 0.261 e. The minimum atomic E-state index is -0.490. The number of nitrogens with one attached hydrogen (secondary N) is 2. The van der Waals surface area contributed by atoms with Gasteiger partial charge in [0, 0.05) is 43.5 Å². The predicted octanol–water partition coefficient (Wildman–Crippen LogP) is 3.09. The van der Waals surface area contributed by atoms with Crippen molar-refractivity contribution in [2.24, 2.45) is 11.3 Å². The van der Waals surface area contributed by atoms with Crippen LogP contribution >= 0.6 is 0 Å². The Hall–Kier alpha value is -2.96. The van der Waals surface area contributed by atoms with E-state index in [1.165, 1.54) is 18.9 Å². The van der Waals surface area contributed by atoms with Crippen molar-refractivity contribution in [3.63, 3.8) is 0 Å². The maximum atomic E-state index is 12.6. The molecule has 2 aromatic heterocycles. The van der Waals surface area contributed by atoms with Crippen molar-refractivity contribution in [1.29, 1.82) is 0 Å². The first-order valence-corrected chi connectivity index (χ1v) is 11.0. The molecule has 7 heteroatoms. The number of Topliss-reactive ketones (excluding diaryl/α,β-unsaturated/α-hetero) is 1. The molecule has 0 unspecified atom stereocenters. The van der Waals surface area contributed by atoms with Crippen molar-refractivity contribution in [2.75, 3.05) is 18.0 Å². The zero-order valence-electron chi connectivity index (χ0n) is 18.5. The number of anilines is 1. The van der Waals surface area contributed by atoms with Crippen molar-refractivity contribution in [3.8, 4) is 0 Å². The number of carbonyl (C=O) groups is 2. The van der Waals surface area contributed by atoms with Crippen LogP contribution in [0.4, 0.5) is 5.82 Å².